The molecule has 0 heterocycles. The number of unbranched alkanes of at least 4 members (excludes halogenated alkanes) is 1. The molecule has 1 fully saturated rings. The number of carbonyl (C=O) groups is 1. The van der Waals surface area contributed by atoms with Crippen molar-refractivity contribution in [1.29, 1.82) is 0 Å². The second-order valence-corrected chi connectivity index (χ2v) is 5.99. The maximum atomic E-state index is 12.3. The van der Waals surface area contributed by atoms with Gasteiger partial charge in [-0.15, -0.1) is 0 Å². The Balaban J connectivity index is 1.97. The standard InChI is InChI=1S/C18H27NO/c1-2-3-14-17(15-10-6-4-7-11-15)19-18(20)16-12-8-5-9-13-16/h5,8-9,12-13,15,17H,2-4,6-7,10-11,14H2,1H3,(H,19,20)/t17-/m0/s1. The Bertz CT molecular complexity index is 395. The predicted octanol–water partition coefficient (Wildman–Crippen LogP) is 4.56. The Morgan fingerprint density at radius 3 is 2.55 bits per heavy atom. The van der Waals surface area contributed by atoms with E-state index in [-0.39, 0.29) is 5.91 Å². The number of amides is 1. The van der Waals surface area contributed by atoms with Gasteiger partial charge in [0, 0.05) is 11.6 Å². The number of nitrogens with one attached hydrogen (secondary N) is 1. The highest BCUT2D eigenvalue weighted by atomic mass is 16.1. The lowest BCUT2D eigenvalue weighted by Gasteiger charge is -2.31. The summed E-state index contributed by atoms with van der Waals surface area (Å²) < 4.78 is 0. The van der Waals surface area contributed by atoms with Crippen LogP contribution in [-0.4, -0.2) is 11.9 Å². The first-order valence-electron chi connectivity index (χ1n) is 8.17. The van der Waals surface area contributed by atoms with Crippen LogP contribution in [0.1, 0.15) is 68.6 Å². The molecular formula is C18H27NO. The van der Waals surface area contributed by atoms with Crippen molar-refractivity contribution in [3.05, 3.63) is 35.9 Å². The van der Waals surface area contributed by atoms with Gasteiger partial charge in [-0.05, 0) is 37.3 Å². The summed E-state index contributed by atoms with van der Waals surface area (Å²) in [6.45, 7) is 2.22. The zero-order valence-electron chi connectivity index (χ0n) is 12.6. The Morgan fingerprint density at radius 1 is 1.20 bits per heavy atom. The van der Waals surface area contributed by atoms with Crippen LogP contribution in [0.25, 0.3) is 0 Å². The largest absolute Gasteiger partial charge is 0.349 e. The van der Waals surface area contributed by atoms with E-state index in [2.05, 4.69) is 12.2 Å². The van der Waals surface area contributed by atoms with E-state index in [1.165, 1.54) is 44.9 Å². The molecule has 1 aromatic rings. The molecule has 1 atom stereocenters. The molecule has 2 nitrogen and oxygen atoms in total. The quantitative estimate of drug-likeness (QED) is 0.809. The molecule has 0 saturated heterocycles. The van der Waals surface area contributed by atoms with Crippen LogP contribution in [0.2, 0.25) is 0 Å². The average molecular weight is 273 g/mol. The molecule has 0 radical (unpaired) electrons. The fourth-order valence-corrected chi connectivity index (χ4v) is 3.23. The van der Waals surface area contributed by atoms with Crippen molar-refractivity contribution < 1.29 is 4.79 Å². The number of carbonyl (C=O) groups excluding carboxylic acids is 1. The van der Waals surface area contributed by atoms with E-state index in [4.69, 9.17) is 0 Å². The zero-order chi connectivity index (χ0) is 14.2. The van der Waals surface area contributed by atoms with Gasteiger partial charge in [0.1, 0.15) is 0 Å². The molecule has 20 heavy (non-hydrogen) atoms. The van der Waals surface area contributed by atoms with Crippen LogP contribution in [-0.2, 0) is 0 Å². The average Bonchev–Trinajstić information content (AvgIpc) is 2.53. The van der Waals surface area contributed by atoms with Crippen LogP contribution in [0.4, 0.5) is 0 Å². The first-order chi connectivity index (χ1) is 9.81. The molecule has 1 saturated carbocycles. The van der Waals surface area contributed by atoms with Crippen molar-refractivity contribution in [2.75, 3.05) is 0 Å². The number of rotatable bonds is 6. The summed E-state index contributed by atoms with van der Waals surface area (Å²) in [5.74, 6) is 0.778. The molecule has 0 bridgehead atoms. The highest BCUT2D eigenvalue weighted by Crippen LogP contribution is 2.28. The summed E-state index contributed by atoms with van der Waals surface area (Å²) in [5.41, 5.74) is 0.782. The normalized spacial score (nSPS) is 17.6. The third-order valence-corrected chi connectivity index (χ3v) is 4.44. The van der Waals surface area contributed by atoms with E-state index >= 15 is 0 Å². The second kappa shape index (κ2) is 8.08. The summed E-state index contributed by atoms with van der Waals surface area (Å²) >= 11 is 0. The van der Waals surface area contributed by atoms with Gasteiger partial charge >= 0.3 is 0 Å². The van der Waals surface area contributed by atoms with Crippen LogP contribution in [0.3, 0.4) is 0 Å². The fourth-order valence-electron chi connectivity index (χ4n) is 3.23. The molecule has 1 aliphatic carbocycles. The van der Waals surface area contributed by atoms with Crippen molar-refractivity contribution in [3.63, 3.8) is 0 Å². The van der Waals surface area contributed by atoms with Gasteiger partial charge in [-0.1, -0.05) is 57.2 Å². The van der Waals surface area contributed by atoms with Gasteiger partial charge in [0.25, 0.3) is 5.91 Å². The van der Waals surface area contributed by atoms with E-state index < -0.39 is 0 Å². The molecule has 1 aliphatic rings. The molecule has 0 aliphatic heterocycles. The van der Waals surface area contributed by atoms with E-state index in [0.29, 0.717) is 12.0 Å². The molecule has 0 spiro atoms. The van der Waals surface area contributed by atoms with E-state index in [9.17, 15) is 4.79 Å². The predicted molar refractivity (Wildman–Crippen MR) is 83.8 cm³/mol. The molecule has 0 aromatic heterocycles. The van der Waals surface area contributed by atoms with Crippen LogP contribution >= 0.6 is 0 Å². The van der Waals surface area contributed by atoms with E-state index in [0.717, 1.165) is 12.0 Å². The third kappa shape index (κ3) is 4.36. The Morgan fingerprint density at radius 2 is 1.90 bits per heavy atom. The molecule has 1 aromatic carbocycles. The fraction of sp³-hybridized carbons (Fsp3) is 0.611. The number of benzene rings is 1. The van der Waals surface area contributed by atoms with Gasteiger partial charge < -0.3 is 5.32 Å². The van der Waals surface area contributed by atoms with Gasteiger partial charge in [0.05, 0.1) is 0 Å². The first-order valence-corrected chi connectivity index (χ1v) is 8.17. The van der Waals surface area contributed by atoms with Gasteiger partial charge in [0.15, 0.2) is 0 Å². The Hall–Kier alpha value is -1.31. The first kappa shape index (κ1) is 15.1. The number of hydrogen-bond donors (Lipinski definition) is 1. The minimum Gasteiger partial charge on any atom is -0.349 e. The topological polar surface area (TPSA) is 29.1 Å². The SMILES string of the molecule is CCCC[C@H](NC(=O)c1ccccc1)C1CCCCC1. The zero-order valence-corrected chi connectivity index (χ0v) is 12.6. The van der Waals surface area contributed by atoms with Crippen LogP contribution < -0.4 is 5.32 Å². The lowest BCUT2D eigenvalue weighted by atomic mass is 9.82. The molecular weight excluding hydrogens is 246 g/mol. The summed E-state index contributed by atoms with van der Waals surface area (Å²) in [6, 6.07) is 9.96. The maximum absolute atomic E-state index is 12.3. The summed E-state index contributed by atoms with van der Waals surface area (Å²) in [6.07, 6.45) is 10.1. The monoisotopic (exact) mass is 273 g/mol. The maximum Gasteiger partial charge on any atom is 0.251 e. The molecule has 110 valence electrons. The third-order valence-electron chi connectivity index (χ3n) is 4.44. The van der Waals surface area contributed by atoms with Gasteiger partial charge in [-0.3, -0.25) is 4.79 Å². The van der Waals surface area contributed by atoms with E-state index in [1.807, 2.05) is 30.3 Å². The minimum absolute atomic E-state index is 0.0947. The smallest absolute Gasteiger partial charge is 0.251 e. The summed E-state index contributed by atoms with van der Waals surface area (Å²) in [7, 11) is 0. The summed E-state index contributed by atoms with van der Waals surface area (Å²) in [5, 5.41) is 3.30. The van der Waals surface area contributed by atoms with E-state index in [1.54, 1.807) is 0 Å². The van der Waals surface area contributed by atoms with Crippen LogP contribution in [0.15, 0.2) is 30.3 Å². The van der Waals surface area contributed by atoms with Crippen LogP contribution in [0.5, 0.6) is 0 Å². The van der Waals surface area contributed by atoms with Crippen molar-refractivity contribution in [3.8, 4) is 0 Å². The molecule has 2 heteroatoms. The second-order valence-electron chi connectivity index (χ2n) is 5.99. The molecule has 1 amide bonds. The van der Waals surface area contributed by atoms with Crippen molar-refractivity contribution in [2.45, 2.75) is 64.3 Å². The Kier molecular flexibility index (Phi) is 6.10. The van der Waals surface area contributed by atoms with Gasteiger partial charge in [0.2, 0.25) is 0 Å². The van der Waals surface area contributed by atoms with Crippen molar-refractivity contribution in [2.24, 2.45) is 5.92 Å². The molecule has 1 N–H and O–H groups in total. The van der Waals surface area contributed by atoms with Gasteiger partial charge in [-0.25, -0.2) is 0 Å². The summed E-state index contributed by atoms with van der Waals surface area (Å²) in [4.78, 5) is 12.3. The lowest BCUT2D eigenvalue weighted by Crippen LogP contribution is -2.41. The number of hydrogen-bond acceptors (Lipinski definition) is 1. The minimum atomic E-state index is 0.0947. The van der Waals surface area contributed by atoms with Crippen molar-refractivity contribution >= 4 is 5.91 Å². The molecule has 0 unspecified atom stereocenters. The van der Waals surface area contributed by atoms with Crippen molar-refractivity contribution in [1.82, 2.24) is 5.32 Å². The highest BCUT2D eigenvalue weighted by molar-refractivity contribution is 5.94. The highest BCUT2D eigenvalue weighted by Gasteiger charge is 2.24. The lowest BCUT2D eigenvalue weighted by molar-refractivity contribution is 0.0908. The van der Waals surface area contributed by atoms with Crippen LogP contribution in [0, 0.1) is 5.92 Å². The molecule has 2 rings (SSSR count). The van der Waals surface area contributed by atoms with Gasteiger partial charge in [-0.2, -0.15) is 0 Å². The Labute approximate surface area is 123 Å².